The third kappa shape index (κ3) is 14.7. The molecule has 2 fully saturated rings. The van der Waals surface area contributed by atoms with E-state index in [-0.39, 0.29) is 58.7 Å². The van der Waals surface area contributed by atoms with E-state index < -0.39 is 49.4 Å². The van der Waals surface area contributed by atoms with E-state index in [1.807, 2.05) is 88.5 Å². The molecule has 4 rings (SSSR count). The number of methoxy groups -OCH3 is 1. The van der Waals surface area contributed by atoms with Crippen LogP contribution in [-0.4, -0.2) is 96.4 Å². The molecule has 2 N–H and O–H groups in total. The Bertz CT molecular complexity index is 2060. The number of aromatic nitrogens is 2. The third-order valence-corrected chi connectivity index (χ3v) is 16.3. The maximum Gasteiger partial charge on any atom is 0.360 e. The molecule has 2 saturated heterocycles. The number of epoxide rings is 2. The summed E-state index contributed by atoms with van der Waals surface area (Å²) in [5.74, 6) is -0.667. The van der Waals surface area contributed by atoms with Gasteiger partial charge in [-0.25, -0.2) is 19.6 Å². The molecule has 13 nitrogen and oxygen atoms in total. The lowest BCUT2D eigenvalue weighted by Crippen LogP contribution is -2.51. The Hall–Kier alpha value is -4.70. The van der Waals surface area contributed by atoms with Gasteiger partial charge in [0.15, 0.2) is 19.7 Å². The number of allylic oxidation sites excluding steroid dienone is 6. The molecule has 2 aromatic heterocycles. The average molecular weight is 889 g/mol. The highest BCUT2D eigenvalue weighted by Crippen LogP contribution is 2.42. The van der Waals surface area contributed by atoms with Crippen LogP contribution < -0.4 is 0 Å². The third-order valence-electron chi connectivity index (χ3n) is 11.8. The van der Waals surface area contributed by atoms with Crippen molar-refractivity contribution in [3.63, 3.8) is 0 Å². The molecule has 2 aliphatic rings. The summed E-state index contributed by atoms with van der Waals surface area (Å²) in [5, 5.41) is 20.9. The lowest BCUT2D eigenvalue weighted by Gasteiger charge is -2.45. The van der Waals surface area contributed by atoms with Gasteiger partial charge in [-0.15, -0.1) is 0 Å². The Balaban J connectivity index is 1.38. The highest BCUT2D eigenvalue weighted by Gasteiger charge is 2.46. The van der Waals surface area contributed by atoms with Crippen LogP contribution in [0.2, 0.25) is 18.1 Å². The SMILES string of the molecule is C/C=C/[C@H](O[Si](C)(C)C(C)(C)C)C(C)(C)[C@H](C/C=C\[C@H]1O[C@H]1/C=C/C=C\c1nc(C(=O)OC)co1)OC(=O)c1coc(/C=C\C=C\[C@@H]2O[C@@H]2/C=C\C[C@H](O)C(C)(C)[C@@H](O)/C=C/C)n1. The summed E-state index contributed by atoms with van der Waals surface area (Å²) < 4.78 is 40.3. The molecule has 344 valence electrons. The van der Waals surface area contributed by atoms with Crippen LogP contribution >= 0.6 is 0 Å². The van der Waals surface area contributed by atoms with Crippen molar-refractivity contribution in [2.24, 2.45) is 10.8 Å². The van der Waals surface area contributed by atoms with Crippen molar-refractivity contribution in [3.05, 3.63) is 121 Å². The smallest absolute Gasteiger partial charge is 0.360 e. The fourth-order valence-electron chi connectivity index (χ4n) is 6.13. The van der Waals surface area contributed by atoms with E-state index in [1.165, 1.54) is 19.6 Å². The number of aliphatic hydroxyl groups excluding tert-OH is 2. The van der Waals surface area contributed by atoms with Crippen molar-refractivity contribution in [1.82, 2.24) is 9.97 Å². The molecule has 0 aromatic carbocycles. The average Bonchev–Trinajstić information content (AvgIpc) is 4.02. The number of hydrogen-bond acceptors (Lipinski definition) is 13. The Kier molecular flexibility index (Phi) is 18.0. The molecule has 0 aliphatic carbocycles. The number of rotatable bonds is 23. The van der Waals surface area contributed by atoms with E-state index in [0.717, 1.165) is 0 Å². The monoisotopic (exact) mass is 888 g/mol. The minimum absolute atomic E-state index is 0.0412. The molecule has 0 unspecified atom stereocenters. The van der Waals surface area contributed by atoms with E-state index in [0.29, 0.717) is 12.8 Å². The number of oxazole rings is 2. The fraction of sp³-hybridized carbons (Fsp3) is 0.510. The molecule has 0 bridgehead atoms. The summed E-state index contributed by atoms with van der Waals surface area (Å²) in [6.45, 7) is 22.6. The zero-order valence-corrected chi connectivity index (χ0v) is 39.9. The van der Waals surface area contributed by atoms with Gasteiger partial charge in [0.05, 0.1) is 25.4 Å². The first kappa shape index (κ1) is 50.9. The van der Waals surface area contributed by atoms with Crippen LogP contribution in [0, 0.1) is 10.8 Å². The van der Waals surface area contributed by atoms with Crippen molar-refractivity contribution in [2.45, 2.75) is 142 Å². The van der Waals surface area contributed by atoms with Crippen LogP contribution in [0.25, 0.3) is 12.2 Å². The van der Waals surface area contributed by atoms with Gasteiger partial charge in [0.1, 0.15) is 43.0 Å². The lowest BCUT2D eigenvalue weighted by atomic mass is 9.79. The van der Waals surface area contributed by atoms with E-state index in [4.69, 9.17) is 27.5 Å². The molecule has 0 radical (unpaired) electrons. The first-order chi connectivity index (χ1) is 29.6. The Morgan fingerprint density at radius 1 is 0.730 bits per heavy atom. The van der Waals surface area contributed by atoms with Crippen molar-refractivity contribution in [2.75, 3.05) is 7.11 Å². The summed E-state index contributed by atoms with van der Waals surface area (Å²) >= 11 is 0. The molecule has 2 aromatic rings. The summed E-state index contributed by atoms with van der Waals surface area (Å²) in [7, 11) is -0.962. The van der Waals surface area contributed by atoms with Gasteiger partial charge in [-0.3, -0.25) is 0 Å². The maximum atomic E-state index is 13.7. The van der Waals surface area contributed by atoms with Gasteiger partial charge in [-0.2, -0.15) is 0 Å². The second kappa shape index (κ2) is 22.3. The van der Waals surface area contributed by atoms with Gasteiger partial charge in [-0.1, -0.05) is 134 Å². The normalized spacial score (nSPS) is 22.2. The van der Waals surface area contributed by atoms with Gasteiger partial charge >= 0.3 is 11.9 Å². The van der Waals surface area contributed by atoms with E-state index in [9.17, 15) is 19.8 Å². The van der Waals surface area contributed by atoms with Crippen LogP contribution in [0.15, 0.2) is 106 Å². The number of ether oxygens (including phenoxy) is 4. The van der Waals surface area contributed by atoms with Gasteiger partial charge in [0.2, 0.25) is 11.8 Å². The van der Waals surface area contributed by atoms with Crippen LogP contribution in [0.5, 0.6) is 0 Å². The number of nitrogens with zero attached hydrogens (tertiary/aromatic N) is 2. The molecule has 8 atom stereocenters. The van der Waals surface area contributed by atoms with Gasteiger partial charge in [0, 0.05) is 29.4 Å². The fourth-order valence-corrected chi connectivity index (χ4v) is 7.50. The topological polar surface area (TPSA) is 179 Å². The first-order valence-corrected chi connectivity index (χ1v) is 24.4. The van der Waals surface area contributed by atoms with E-state index in [2.05, 4.69) is 62.4 Å². The maximum absolute atomic E-state index is 13.7. The Morgan fingerprint density at radius 3 is 1.71 bits per heavy atom. The van der Waals surface area contributed by atoms with Crippen LogP contribution in [-0.2, 0) is 23.4 Å². The highest BCUT2D eigenvalue weighted by atomic mass is 28.4. The molecular formula is C49H68N2O11Si. The quantitative estimate of drug-likeness (QED) is 0.0355. The molecule has 14 heteroatoms. The Morgan fingerprint density at radius 2 is 1.22 bits per heavy atom. The van der Waals surface area contributed by atoms with Crippen LogP contribution in [0.3, 0.4) is 0 Å². The second-order valence-corrected chi connectivity index (χ2v) is 23.2. The zero-order valence-electron chi connectivity index (χ0n) is 38.9. The predicted octanol–water partition coefficient (Wildman–Crippen LogP) is 9.56. The van der Waals surface area contributed by atoms with Crippen LogP contribution in [0.4, 0.5) is 0 Å². The predicted molar refractivity (Wildman–Crippen MR) is 246 cm³/mol. The molecular weight excluding hydrogens is 821 g/mol. The van der Waals surface area contributed by atoms with E-state index in [1.54, 1.807) is 36.5 Å². The Labute approximate surface area is 374 Å². The largest absolute Gasteiger partial charge is 0.464 e. The molecule has 0 saturated carbocycles. The zero-order chi connectivity index (χ0) is 46.6. The number of carbonyl (C=O) groups is 2. The molecule has 0 amide bonds. The summed E-state index contributed by atoms with van der Waals surface area (Å²) in [6, 6.07) is 0. The van der Waals surface area contributed by atoms with Gasteiger partial charge in [-0.05, 0) is 38.4 Å². The summed E-state index contributed by atoms with van der Waals surface area (Å²) in [6.07, 6.45) is 29.9. The van der Waals surface area contributed by atoms with Gasteiger partial charge in [0.25, 0.3) is 0 Å². The van der Waals surface area contributed by atoms with Crippen LogP contribution in [0.1, 0.15) is 108 Å². The molecule has 4 heterocycles. The minimum Gasteiger partial charge on any atom is -0.464 e. The summed E-state index contributed by atoms with van der Waals surface area (Å²) in [5.41, 5.74) is -1.21. The summed E-state index contributed by atoms with van der Waals surface area (Å²) in [4.78, 5) is 33.8. The van der Waals surface area contributed by atoms with Crippen molar-refractivity contribution < 1.29 is 52.0 Å². The molecule has 0 spiro atoms. The number of carbonyl (C=O) groups excluding carboxylic acids is 2. The standard InChI is InChI=1S/C49H68N2O11Si/c1-13-21-39(52)48(6,7)40(53)27-19-25-37-35(59-37)23-16-18-30-44-51-34(32-58-44)46(55)61-41(49(8,9)42(22-14-2)62-63(11,12)47(3,4)5)28-20-26-38-36(60-38)24-15-17-29-43-50-33(31-57-43)45(54)56-10/h13-26,29-32,35-42,52-53H,27-28H2,1-12H3/b21-13+,22-14+,23-16+,24-15+,25-19-,26-20-,29-17-,30-18-/t35-,36-,37+,38+,39-,40-,41-,42-/m0/s1. The number of hydrogen-bond donors (Lipinski definition) is 2. The first-order valence-electron chi connectivity index (χ1n) is 21.5. The van der Waals surface area contributed by atoms with Crippen molar-refractivity contribution >= 4 is 32.4 Å². The lowest BCUT2D eigenvalue weighted by molar-refractivity contribution is -0.0420. The number of aliphatic hydroxyl groups is 2. The van der Waals surface area contributed by atoms with E-state index >= 15 is 0 Å². The minimum atomic E-state index is -2.24. The van der Waals surface area contributed by atoms with Gasteiger partial charge < -0.3 is 42.4 Å². The van der Waals surface area contributed by atoms with Crippen molar-refractivity contribution in [3.8, 4) is 0 Å². The highest BCUT2D eigenvalue weighted by molar-refractivity contribution is 6.74. The molecule has 2 aliphatic heterocycles. The molecule has 63 heavy (non-hydrogen) atoms. The second-order valence-electron chi connectivity index (χ2n) is 18.4. The van der Waals surface area contributed by atoms with Crippen molar-refractivity contribution in [1.29, 1.82) is 0 Å². The number of esters is 2.